The highest BCUT2D eigenvalue weighted by Crippen LogP contribution is 2.16. The summed E-state index contributed by atoms with van der Waals surface area (Å²) in [6.45, 7) is 0.980. The lowest BCUT2D eigenvalue weighted by Gasteiger charge is -2.08. The highest BCUT2D eigenvalue weighted by Gasteiger charge is 2.08. The Kier molecular flexibility index (Phi) is 7.44. The molecule has 2 rings (SSSR count). The molecule has 0 atom stereocenters. The lowest BCUT2D eigenvalue weighted by Crippen LogP contribution is -2.28. The van der Waals surface area contributed by atoms with E-state index in [9.17, 15) is 9.59 Å². The van der Waals surface area contributed by atoms with E-state index in [-0.39, 0.29) is 24.7 Å². The number of methoxy groups -OCH3 is 1. The van der Waals surface area contributed by atoms with Crippen molar-refractivity contribution in [3.63, 3.8) is 0 Å². The molecule has 6 heteroatoms. The van der Waals surface area contributed by atoms with Crippen LogP contribution in [-0.2, 0) is 27.2 Å². The van der Waals surface area contributed by atoms with E-state index in [1.165, 1.54) is 0 Å². The molecule has 0 bridgehead atoms. The van der Waals surface area contributed by atoms with Crippen LogP contribution >= 0.6 is 11.6 Å². The van der Waals surface area contributed by atoms with Crippen molar-refractivity contribution in [3.8, 4) is 0 Å². The van der Waals surface area contributed by atoms with Gasteiger partial charge in [-0.3, -0.25) is 9.59 Å². The van der Waals surface area contributed by atoms with Gasteiger partial charge in [0, 0.05) is 24.4 Å². The second kappa shape index (κ2) is 9.81. The Bertz CT molecular complexity index is 717. The highest BCUT2D eigenvalue weighted by molar-refractivity contribution is 6.31. The fourth-order valence-electron chi connectivity index (χ4n) is 2.27. The van der Waals surface area contributed by atoms with E-state index in [1.807, 2.05) is 30.3 Å². The smallest absolute Gasteiger partial charge is 0.228 e. The predicted octanol–water partition coefficient (Wildman–Crippen LogP) is 2.83. The fraction of sp³-hybridized carbons (Fsp3) is 0.263. The Labute approximate surface area is 152 Å². The molecule has 0 aliphatic carbocycles. The highest BCUT2D eigenvalue weighted by atomic mass is 35.5. The summed E-state index contributed by atoms with van der Waals surface area (Å²) in [7, 11) is 1.59. The summed E-state index contributed by atoms with van der Waals surface area (Å²) in [6, 6.07) is 14.5. The summed E-state index contributed by atoms with van der Waals surface area (Å²) in [5.41, 5.74) is 2.34. The first-order valence-corrected chi connectivity index (χ1v) is 8.34. The van der Waals surface area contributed by atoms with Crippen LogP contribution in [0.15, 0.2) is 48.5 Å². The molecule has 132 valence electrons. The minimum Gasteiger partial charge on any atom is -0.383 e. The van der Waals surface area contributed by atoms with Gasteiger partial charge in [-0.05, 0) is 29.3 Å². The van der Waals surface area contributed by atoms with E-state index in [2.05, 4.69) is 10.6 Å². The number of hydrogen-bond donors (Lipinski definition) is 2. The van der Waals surface area contributed by atoms with Crippen LogP contribution in [0, 0.1) is 0 Å². The van der Waals surface area contributed by atoms with Gasteiger partial charge in [0.15, 0.2) is 0 Å². The number of rotatable bonds is 8. The molecule has 0 saturated heterocycles. The molecule has 0 unspecified atom stereocenters. The van der Waals surface area contributed by atoms with E-state index in [0.29, 0.717) is 23.9 Å². The first-order chi connectivity index (χ1) is 12.1. The third-order valence-corrected chi connectivity index (χ3v) is 3.91. The monoisotopic (exact) mass is 360 g/mol. The zero-order valence-corrected chi connectivity index (χ0v) is 14.8. The van der Waals surface area contributed by atoms with E-state index in [0.717, 1.165) is 11.1 Å². The molecular weight excluding hydrogens is 340 g/mol. The summed E-state index contributed by atoms with van der Waals surface area (Å²) < 4.78 is 4.88. The van der Waals surface area contributed by atoms with Gasteiger partial charge in [0.25, 0.3) is 0 Å². The van der Waals surface area contributed by atoms with Crippen molar-refractivity contribution in [1.82, 2.24) is 5.32 Å². The topological polar surface area (TPSA) is 67.4 Å². The molecule has 0 aliphatic heterocycles. The molecule has 0 fully saturated rings. The molecule has 2 N–H and O–H groups in total. The zero-order chi connectivity index (χ0) is 18.1. The average Bonchev–Trinajstić information content (AvgIpc) is 2.59. The predicted molar refractivity (Wildman–Crippen MR) is 98.8 cm³/mol. The standard InChI is InChI=1S/C19H21ClN2O3/c1-25-11-10-21-18(23)12-14-6-8-16(9-7-14)22-19(24)13-15-4-2-3-5-17(15)20/h2-9H,10-13H2,1H3,(H,21,23)(H,22,24). The van der Waals surface area contributed by atoms with Crippen LogP contribution < -0.4 is 10.6 Å². The van der Waals surface area contributed by atoms with Crippen molar-refractivity contribution >= 4 is 29.1 Å². The number of hydrogen-bond acceptors (Lipinski definition) is 3. The lowest BCUT2D eigenvalue weighted by atomic mass is 10.1. The molecular formula is C19H21ClN2O3. The SMILES string of the molecule is COCCNC(=O)Cc1ccc(NC(=O)Cc2ccccc2Cl)cc1. The van der Waals surface area contributed by atoms with Crippen molar-refractivity contribution in [2.24, 2.45) is 0 Å². The molecule has 0 aliphatic rings. The summed E-state index contributed by atoms with van der Waals surface area (Å²) in [6.07, 6.45) is 0.501. The summed E-state index contributed by atoms with van der Waals surface area (Å²) in [4.78, 5) is 23.8. The molecule has 2 aromatic rings. The van der Waals surface area contributed by atoms with Gasteiger partial charge in [0.2, 0.25) is 11.8 Å². The van der Waals surface area contributed by atoms with E-state index < -0.39 is 0 Å². The van der Waals surface area contributed by atoms with Gasteiger partial charge in [-0.1, -0.05) is 41.9 Å². The molecule has 0 aromatic heterocycles. The number of ether oxygens (including phenoxy) is 1. The van der Waals surface area contributed by atoms with E-state index in [4.69, 9.17) is 16.3 Å². The Morgan fingerprint density at radius 3 is 2.40 bits per heavy atom. The number of anilines is 1. The lowest BCUT2D eigenvalue weighted by molar-refractivity contribution is -0.120. The van der Waals surface area contributed by atoms with Crippen LogP contribution in [0.1, 0.15) is 11.1 Å². The molecule has 0 heterocycles. The number of carbonyl (C=O) groups excluding carboxylic acids is 2. The molecule has 2 aromatic carbocycles. The van der Waals surface area contributed by atoms with Crippen LogP contribution in [0.4, 0.5) is 5.69 Å². The summed E-state index contributed by atoms with van der Waals surface area (Å²) >= 11 is 6.06. The van der Waals surface area contributed by atoms with Crippen LogP contribution in [-0.4, -0.2) is 32.1 Å². The Balaban J connectivity index is 1.84. The van der Waals surface area contributed by atoms with Crippen molar-refractivity contribution in [1.29, 1.82) is 0 Å². The fourth-order valence-corrected chi connectivity index (χ4v) is 2.47. The quantitative estimate of drug-likeness (QED) is 0.711. The van der Waals surface area contributed by atoms with Gasteiger partial charge < -0.3 is 15.4 Å². The first kappa shape index (κ1) is 19.0. The first-order valence-electron chi connectivity index (χ1n) is 7.96. The maximum atomic E-state index is 12.1. The molecule has 0 saturated carbocycles. The van der Waals surface area contributed by atoms with Crippen LogP contribution in [0.25, 0.3) is 0 Å². The maximum absolute atomic E-state index is 12.1. The van der Waals surface area contributed by atoms with Gasteiger partial charge in [0.1, 0.15) is 0 Å². The van der Waals surface area contributed by atoms with E-state index >= 15 is 0 Å². The Morgan fingerprint density at radius 1 is 1.00 bits per heavy atom. The van der Waals surface area contributed by atoms with Gasteiger partial charge >= 0.3 is 0 Å². The van der Waals surface area contributed by atoms with Crippen molar-refractivity contribution in [2.45, 2.75) is 12.8 Å². The molecule has 2 amide bonds. The van der Waals surface area contributed by atoms with Gasteiger partial charge in [-0.15, -0.1) is 0 Å². The van der Waals surface area contributed by atoms with E-state index in [1.54, 1.807) is 25.3 Å². The minimum atomic E-state index is -0.141. The maximum Gasteiger partial charge on any atom is 0.228 e. The van der Waals surface area contributed by atoms with Crippen molar-refractivity contribution < 1.29 is 14.3 Å². The molecule has 0 spiro atoms. The number of nitrogens with one attached hydrogen (secondary N) is 2. The van der Waals surface area contributed by atoms with Crippen LogP contribution in [0.2, 0.25) is 5.02 Å². The molecule has 0 radical (unpaired) electrons. The van der Waals surface area contributed by atoms with Crippen molar-refractivity contribution in [3.05, 3.63) is 64.7 Å². The number of benzene rings is 2. The average molecular weight is 361 g/mol. The Hall–Kier alpha value is -2.37. The van der Waals surface area contributed by atoms with Crippen molar-refractivity contribution in [2.75, 3.05) is 25.6 Å². The molecule has 5 nitrogen and oxygen atoms in total. The number of carbonyl (C=O) groups is 2. The van der Waals surface area contributed by atoms with Crippen LogP contribution in [0.3, 0.4) is 0 Å². The number of halogens is 1. The number of amides is 2. The van der Waals surface area contributed by atoms with Gasteiger partial charge in [0.05, 0.1) is 19.4 Å². The largest absolute Gasteiger partial charge is 0.383 e. The summed E-state index contributed by atoms with van der Waals surface area (Å²) in [5, 5.41) is 6.17. The third kappa shape index (κ3) is 6.57. The second-order valence-corrected chi connectivity index (χ2v) is 5.94. The normalized spacial score (nSPS) is 10.3. The minimum absolute atomic E-state index is 0.0624. The molecule has 25 heavy (non-hydrogen) atoms. The van der Waals surface area contributed by atoms with Crippen LogP contribution in [0.5, 0.6) is 0 Å². The Morgan fingerprint density at radius 2 is 1.72 bits per heavy atom. The van der Waals surface area contributed by atoms with Gasteiger partial charge in [-0.25, -0.2) is 0 Å². The second-order valence-electron chi connectivity index (χ2n) is 5.53. The van der Waals surface area contributed by atoms with Gasteiger partial charge in [-0.2, -0.15) is 0 Å². The zero-order valence-electron chi connectivity index (χ0n) is 14.0. The summed E-state index contributed by atoms with van der Waals surface area (Å²) in [5.74, 6) is -0.203. The third-order valence-electron chi connectivity index (χ3n) is 3.54.